The zero-order chi connectivity index (χ0) is 18.6. The number of rotatable bonds is 5. The zero-order valence-electron chi connectivity index (χ0n) is 14.3. The molecule has 132 valence electrons. The van der Waals surface area contributed by atoms with Crippen LogP contribution in [0.15, 0.2) is 46.4 Å². The van der Waals surface area contributed by atoms with Gasteiger partial charge in [0.25, 0.3) is 0 Å². The van der Waals surface area contributed by atoms with Crippen LogP contribution in [-0.2, 0) is 0 Å². The number of phenolic OH excluding ortho intramolecular Hbond substituents is 2. The van der Waals surface area contributed by atoms with Crippen LogP contribution in [0, 0.1) is 0 Å². The Balaban J connectivity index is 2.14. The van der Waals surface area contributed by atoms with Gasteiger partial charge in [-0.15, -0.1) is 0 Å². The lowest BCUT2D eigenvalue weighted by Crippen LogP contribution is -2.10. The number of nitrogens with zero attached hydrogens (tertiary/aromatic N) is 2. The van der Waals surface area contributed by atoms with Crippen LogP contribution in [0.1, 0.15) is 31.9 Å². The molecule has 25 heavy (non-hydrogen) atoms. The van der Waals surface area contributed by atoms with Crippen LogP contribution in [-0.4, -0.2) is 34.2 Å². The van der Waals surface area contributed by atoms with E-state index in [0.717, 1.165) is 0 Å². The number of aliphatic imine (C=N–C) groups is 2. The van der Waals surface area contributed by atoms with Crippen molar-refractivity contribution in [2.24, 2.45) is 9.98 Å². The number of halogens is 2. The Morgan fingerprint density at radius 1 is 0.920 bits per heavy atom. The van der Waals surface area contributed by atoms with Crippen molar-refractivity contribution in [3.63, 3.8) is 0 Å². The summed E-state index contributed by atoms with van der Waals surface area (Å²) in [5, 5.41) is 20.9. The first-order chi connectivity index (χ1) is 11.8. The highest BCUT2D eigenvalue weighted by Gasteiger charge is 2.09. The third kappa shape index (κ3) is 5.21. The minimum atomic E-state index is -0.102. The highest BCUT2D eigenvalue weighted by molar-refractivity contribution is 6.31. The second-order valence-corrected chi connectivity index (χ2v) is 6.69. The van der Waals surface area contributed by atoms with Crippen LogP contribution in [0.5, 0.6) is 11.5 Å². The Kier molecular flexibility index (Phi) is 6.45. The molecule has 2 N–H and O–H groups in total. The monoisotopic (exact) mass is 378 g/mol. The summed E-state index contributed by atoms with van der Waals surface area (Å²) in [4.78, 5) is 9.04. The SMILES string of the molecule is CC(=NC[C@@H](C)N=C(C)c1cc(Cl)ccc1O)c1cc(Cl)ccc1O. The van der Waals surface area contributed by atoms with Gasteiger partial charge in [-0.2, -0.15) is 0 Å². The molecule has 0 fully saturated rings. The fourth-order valence-electron chi connectivity index (χ4n) is 2.39. The fraction of sp³-hybridized carbons (Fsp3) is 0.263. The van der Waals surface area contributed by atoms with E-state index in [4.69, 9.17) is 23.2 Å². The maximum atomic E-state index is 9.93. The Hall–Kier alpha value is -2.04. The highest BCUT2D eigenvalue weighted by atomic mass is 35.5. The summed E-state index contributed by atoms with van der Waals surface area (Å²) in [7, 11) is 0. The van der Waals surface area contributed by atoms with Gasteiger partial charge in [-0.3, -0.25) is 9.98 Å². The molecule has 0 spiro atoms. The van der Waals surface area contributed by atoms with Gasteiger partial charge in [-0.05, 0) is 57.2 Å². The summed E-state index contributed by atoms with van der Waals surface area (Å²) in [5.74, 6) is 0.281. The molecule has 0 bridgehead atoms. The first-order valence-electron chi connectivity index (χ1n) is 7.81. The van der Waals surface area contributed by atoms with Crippen LogP contribution in [0.2, 0.25) is 10.0 Å². The van der Waals surface area contributed by atoms with Crippen LogP contribution in [0.4, 0.5) is 0 Å². The molecule has 1 atom stereocenters. The van der Waals surface area contributed by atoms with Crippen LogP contribution < -0.4 is 0 Å². The molecule has 2 aromatic rings. The minimum absolute atomic E-state index is 0.102. The third-order valence-corrected chi connectivity index (χ3v) is 4.17. The van der Waals surface area contributed by atoms with E-state index in [2.05, 4.69) is 9.98 Å². The maximum absolute atomic E-state index is 9.93. The topological polar surface area (TPSA) is 65.2 Å². The second kappa shape index (κ2) is 8.37. The van der Waals surface area contributed by atoms with Crippen molar-refractivity contribution in [1.29, 1.82) is 0 Å². The number of hydrogen-bond donors (Lipinski definition) is 2. The van der Waals surface area contributed by atoms with E-state index in [1.165, 1.54) is 0 Å². The predicted octanol–water partition coefficient (Wildman–Crippen LogP) is 5.11. The molecule has 2 aromatic carbocycles. The van der Waals surface area contributed by atoms with Crippen LogP contribution >= 0.6 is 23.2 Å². The lowest BCUT2D eigenvalue weighted by molar-refractivity contribution is 0.473. The van der Waals surface area contributed by atoms with Gasteiger partial charge < -0.3 is 10.2 Å². The highest BCUT2D eigenvalue weighted by Crippen LogP contribution is 2.23. The van der Waals surface area contributed by atoms with Gasteiger partial charge in [-0.25, -0.2) is 0 Å². The quantitative estimate of drug-likeness (QED) is 0.709. The van der Waals surface area contributed by atoms with E-state index in [0.29, 0.717) is 39.1 Å². The van der Waals surface area contributed by atoms with Gasteiger partial charge >= 0.3 is 0 Å². The van der Waals surface area contributed by atoms with Gasteiger partial charge in [0.15, 0.2) is 0 Å². The van der Waals surface area contributed by atoms with Crippen LogP contribution in [0.25, 0.3) is 0 Å². The Bertz CT molecular complexity index is 832. The van der Waals surface area contributed by atoms with Gasteiger partial charge in [-0.1, -0.05) is 23.2 Å². The lowest BCUT2D eigenvalue weighted by Gasteiger charge is -2.10. The number of benzene rings is 2. The van der Waals surface area contributed by atoms with Crippen molar-refractivity contribution in [2.75, 3.05) is 6.54 Å². The first kappa shape index (κ1) is 19.3. The Morgan fingerprint density at radius 3 is 1.92 bits per heavy atom. The first-order valence-corrected chi connectivity index (χ1v) is 8.56. The molecule has 0 amide bonds. The molecule has 0 saturated heterocycles. The van der Waals surface area contributed by atoms with E-state index in [-0.39, 0.29) is 17.5 Å². The van der Waals surface area contributed by atoms with Crippen molar-refractivity contribution in [1.82, 2.24) is 0 Å². The number of aromatic hydroxyl groups is 2. The molecular weight excluding hydrogens is 359 g/mol. The van der Waals surface area contributed by atoms with E-state index in [1.807, 2.05) is 20.8 Å². The molecule has 0 heterocycles. The molecule has 0 unspecified atom stereocenters. The van der Waals surface area contributed by atoms with Crippen LogP contribution in [0.3, 0.4) is 0 Å². The van der Waals surface area contributed by atoms with E-state index in [1.54, 1.807) is 36.4 Å². The summed E-state index contributed by atoms with van der Waals surface area (Å²) in [6.45, 7) is 6.01. The summed E-state index contributed by atoms with van der Waals surface area (Å²) in [5.41, 5.74) is 2.58. The predicted molar refractivity (Wildman–Crippen MR) is 105 cm³/mol. The molecular formula is C19H20Cl2N2O2. The molecule has 6 heteroatoms. The number of phenols is 2. The summed E-state index contributed by atoms with van der Waals surface area (Å²) in [6.07, 6.45) is 0. The zero-order valence-corrected chi connectivity index (χ0v) is 15.8. The Morgan fingerprint density at radius 2 is 1.40 bits per heavy atom. The smallest absolute Gasteiger partial charge is 0.124 e. The second-order valence-electron chi connectivity index (χ2n) is 5.81. The molecule has 0 aliphatic rings. The minimum Gasteiger partial charge on any atom is -0.507 e. The lowest BCUT2D eigenvalue weighted by atomic mass is 10.1. The molecule has 2 rings (SSSR count). The summed E-state index contributed by atoms with van der Waals surface area (Å²) in [6, 6.07) is 9.61. The van der Waals surface area contributed by atoms with Gasteiger partial charge in [0.1, 0.15) is 11.5 Å². The standard InChI is InChI=1S/C19H20Cl2N2O2/c1-11(23-13(3)17-9-15(21)5-7-19(17)25)10-22-12(2)16-8-14(20)4-6-18(16)24/h4-9,11,24-25H,10H2,1-3H3/t11-/m1/s1. The molecule has 0 saturated carbocycles. The van der Waals surface area contributed by atoms with E-state index in [9.17, 15) is 10.2 Å². The van der Waals surface area contributed by atoms with Crippen molar-refractivity contribution >= 4 is 34.6 Å². The molecule has 0 radical (unpaired) electrons. The largest absolute Gasteiger partial charge is 0.507 e. The van der Waals surface area contributed by atoms with Crippen molar-refractivity contribution < 1.29 is 10.2 Å². The van der Waals surface area contributed by atoms with E-state index >= 15 is 0 Å². The maximum Gasteiger partial charge on any atom is 0.124 e. The van der Waals surface area contributed by atoms with Gasteiger partial charge in [0.05, 0.1) is 12.6 Å². The summed E-state index contributed by atoms with van der Waals surface area (Å²) >= 11 is 11.9. The van der Waals surface area contributed by atoms with E-state index < -0.39 is 0 Å². The van der Waals surface area contributed by atoms with Crippen molar-refractivity contribution in [3.05, 3.63) is 57.6 Å². The van der Waals surface area contributed by atoms with Gasteiger partial charge in [0.2, 0.25) is 0 Å². The Labute approximate surface area is 157 Å². The molecule has 0 aliphatic carbocycles. The van der Waals surface area contributed by atoms with Crippen molar-refractivity contribution in [2.45, 2.75) is 26.8 Å². The average Bonchev–Trinajstić information content (AvgIpc) is 2.57. The van der Waals surface area contributed by atoms with Gasteiger partial charge in [0, 0.05) is 32.6 Å². The molecule has 0 aromatic heterocycles. The summed E-state index contributed by atoms with van der Waals surface area (Å²) < 4.78 is 0. The number of hydrogen-bond acceptors (Lipinski definition) is 4. The van der Waals surface area contributed by atoms with Crippen molar-refractivity contribution in [3.8, 4) is 11.5 Å². The average molecular weight is 379 g/mol. The fourth-order valence-corrected chi connectivity index (χ4v) is 2.74. The molecule has 4 nitrogen and oxygen atoms in total. The third-order valence-electron chi connectivity index (χ3n) is 3.70. The molecule has 0 aliphatic heterocycles. The normalized spacial score (nSPS) is 13.8.